The summed E-state index contributed by atoms with van der Waals surface area (Å²) in [5, 5.41) is 0. The van der Waals surface area contributed by atoms with E-state index in [0.717, 1.165) is 18.6 Å². The topological polar surface area (TPSA) is 35.2 Å². The fourth-order valence-electron chi connectivity index (χ4n) is 3.28. The third-order valence-electron chi connectivity index (χ3n) is 4.41. The molecule has 1 aliphatic heterocycles. The van der Waals surface area contributed by atoms with Crippen LogP contribution in [0.2, 0.25) is 0 Å². The van der Waals surface area contributed by atoms with Gasteiger partial charge in [0.1, 0.15) is 11.9 Å². The quantitative estimate of drug-likeness (QED) is 0.911. The van der Waals surface area contributed by atoms with Crippen molar-refractivity contribution in [3.05, 3.63) is 65.2 Å². The maximum Gasteiger partial charge on any atom is 0.123 e. The number of fused-ring (bicyclic) bond motifs is 1. The van der Waals surface area contributed by atoms with Crippen LogP contribution < -0.4 is 10.5 Å². The van der Waals surface area contributed by atoms with Crippen LogP contribution in [0, 0.1) is 0 Å². The lowest BCUT2D eigenvalue weighted by Crippen LogP contribution is -2.19. The summed E-state index contributed by atoms with van der Waals surface area (Å²) >= 11 is 0. The molecule has 1 heterocycles. The molecule has 2 heteroatoms. The van der Waals surface area contributed by atoms with Gasteiger partial charge in [0.15, 0.2) is 0 Å². The normalized spacial score (nSPS) is 19.7. The SMILES string of the molecule is CCC(c1ccccc1)C(N)c1ccc2c(c1)CC(C)O2. The average Bonchev–Trinajstić information content (AvgIpc) is 2.88. The van der Waals surface area contributed by atoms with Crippen molar-refractivity contribution in [3.8, 4) is 5.75 Å². The second-order valence-electron chi connectivity index (χ2n) is 5.95. The van der Waals surface area contributed by atoms with E-state index < -0.39 is 0 Å². The minimum atomic E-state index is 0.0265. The monoisotopic (exact) mass is 281 g/mol. The summed E-state index contributed by atoms with van der Waals surface area (Å²) in [5.74, 6) is 1.37. The Bertz CT molecular complexity index is 608. The minimum Gasteiger partial charge on any atom is -0.490 e. The Hall–Kier alpha value is -1.80. The Morgan fingerprint density at radius 3 is 2.62 bits per heavy atom. The zero-order chi connectivity index (χ0) is 14.8. The highest BCUT2D eigenvalue weighted by atomic mass is 16.5. The maximum atomic E-state index is 6.57. The van der Waals surface area contributed by atoms with Crippen LogP contribution in [-0.2, 0) is 6.42 Å². The molecule has 3 atom stereocenters. The Morgan fingerprint density at radius 1 is 1.14 bits per heavy atom. The van der Waals surface area contributed by atoms with Crippen LogP contribution in [-0.4, -0.2) is 6.10 Å². The highest BCUT2D eigenvalue weighted by molar-refractivity contribution is 5.42. The zero-order valence-corrected chi connectivity index (χ0v) is 12.8. The summed E-state index contributed by atoms with van der Waals surface area (Å²) < 4.78 is 5.77. The molecule has 0 amide bonds. The summed E-state index contributed by atoms with van der Waals surface area (Å²) in [4.78, 5) is 0. The van der Waals surface area contributed by atoms with E-state index in [0.29, 0.717) is 5.92 Å². The van der Waals surface area contributed by atoms with Gasteiger partial charge in [-0.3, -0.25) is 0 Å². The van der Waals surface area contributed by atoms with Crippen LogP contribution in [0.1, 0.15) is 48.9 Å². The lowest BCUT2D eigenvalue weighted by atomic mass is 9.85. The minimum absolute atomic E-state index is 0.0265. The third-order valence-corrected chi connectivity index (χ3v) is 4.41. The summed E-state index contributed by atoms with van der Waals surface area (Å²) in [6, 6.07) is 17.0. The molecular formula is C19H23NO. The number of benzene rings is 2. The molecule has 0 radical (unpaired) electrons. The van der Waals surface area contributed by atoms with Crippen LogP contribution in [0.4, 0.5) is 0 Å². The van der Waals surface area contributed by atoms with Crippen molar-refractivity contribution < 1.29 is 4.74 Å². The van der Waals surface area contributed by atoms with Gasteiger partial charge in [-0.25, -0.2) is 0 Å². The average molecular weight is 281 g/mol. The highest BCUT2D eigenvalue weighted by Gasteiger charge is 2.23. The second-order valence-corrected chi connectivity index (χ2v) is 5.95. The van der Waals surface area contributed by atoms with Gasteiger partial charge in [-0.1, -0.05) is 49.4 Å². The molecule has 0 bridgehead atoms. The molecule has 0 saturated carbocycles. The zero-order valence-electron chi connectivity index (χ0n) is 12.8. The van der Waals surface area contributed by atoms with Crippen molar-refractivity contribution >= 4 is 0 Å². The van der Waals surface area contributed by atoms with Crippen LogP contribution >= 0.6 is 0 Å². The second kappa shape index (κ2) is 5.90. The van der Waals surface area contributed by atoms with Gasteiger partial charge in [-0.15, -0.1) is 0 Å². The Kier molecular flexibility index (Phi) is 3.98. The van der Waals surface area contributed by atoms with Crippen molar-refractivity contribution in [2.24, 2.45) is 5.73 Å². The highest BCUT2D eigenvalue weighted by Crippen LogP contribution is 2.36. The number of hydrogen-bond acceptors (Lipinski definition) is 2. The molecule has 0 fully saturated rings. The summed E-state index contributed by atoms with van der Waals surface area (Å²) in [7, 11) is 0. The molecule has 0 saturated heterocycles. The standard InChI is InChI=1S/C19H23NO/c1-3-17(14-7-5-4-6-8-14)19(20)15-9-10-18-16(12-15)11-13(2)21-18/h4-10,12-13,17,19H,3,11,20H2,1-2H3. The number of hydrogen-bond donors (Lipinski definition) is 1. The lowest BCUT2D eigenvalue weighted by molar-refractivity contribution is 0.254. The van der Waals surface area contributed by atoms with Gasteiger partial charge in [-0.05, 0) is 36.1 Å². The molecule has 2 nitrogen and oxygen atoms in total. The summed E-state index contributed by atoms with van der Waals surface area (Å²) in [5.41, 5.74) is 10.4. The fourth-order valence-corrected chi connectivity index (χ4v) is 3.28. The molecule has 0 aliphatic carbocycles. The van der Waals surface area contributed by atoms with Crippen LogP contribution in [0.5, 0.6) is 5.75 Å². The number of ether oxygens (including phenoxy) is 1. The fraction of sp³-hybridized carbons (Fsp3) is 0.368. The Labute approximate surface area is 126 Å². The van der Waals surface area contributed by atoms with Crippen molar-refractivity contribution in [2.45, 2.75) is 44.8 Å². The predicted molar refractivity (Wildman–Crippen MR) is 86.6 cm³/mol. The molecule has 2 aromatic rings. The molecule has 0 aromatic heterocycles. The third kappa shape index (κ3) is 2.81. The van der Waals surface area contributed by atoms with Crippen LogP contribution in [0.15, 0.2) is 48.5 Å². The molecule has 21 heavy (non-hydrogen) atoms. The summed E-state index contributed by atoms with van der Waals surface area (Å²) in [6.45, 7) is 4.31. The van der Waals surface area contributed by atoms with E-state index >= 15 is 0 Å². The maximum absolute atomic E-state index is 6.57. The van der Waals surface area contributed by atoms with Crippen molar-refractivity contribution in [1.29, 1.82) is 0 Å². The largest absolute Gasteiger partial charge is 0.490 e. The molecule has 2 N–H and O–H groups in total. The first-order valence-corrected chi connectivity index (χ1v) is 7.79. The van der Waals surface area contributed by atoms with E-state index in [1.165, 1.54) is 16.7 Å². The number of rotatable bonds is 4. The first-order valence-electron chi connectivity index (χ1n) is 7.79. The number of nitrogens with two attached hydrogens (primary N) is 1. The first kappa shape index (κ1) is 14.2. The molecule has 1 aliphatic rings. The van der Waals surface area contributed by atoms with E-state index in [1.54, 1.807) is 0 Å². The Morgan fingerprint density at radius 2 is 1.90 bits per heavy atom. The van der Waals surface area contributed by atoms with Gasteiger partial charge in [0.05, 0.1) is 0 Å². The van der Waals surface area contributed by atoms with Crippen molar-refractivity contribution in [1.82, 2.24) is 0 Å². The van der Waals surface area contributed by atoms with Gasteiger partial charge in [0.2, 0.25) is 0 Å². The summed E-state index contributed by atoms with van der Waals surface area (Å²) in [6.07, 6.45) is 2.30. The van der Waals surface area contributed by atoms with E-state index in [9.17, 15) is 0 Å². The van der Waals surface area contributed by atoms with Crippen LogP contribution in [0.3, 0.4) is 0 Å². The molecule has 2 aromatic carbocycles. The first-order chi connectivity index (χ1) is 10.2. The molecule has 3 unspecified atom stereocenters. The van der Waals surface area contributed by atoms with E-state index in [4.69, 9.17) is 10.5 Å². The van der Waals surface area contributed by atoms with Crippen LogP contribution in [0.25, 0.3) is 0 Å². The van der Waals surface area contributed by atoms with Gasteiger partial charge in [-0.2, -0.15) is 0 Å². The Balaban J connectivity index is 1.88. The molecule has 110 valence electrons. The van der Waals surface area contributed by atoms with Gasteiger partial charge in [0.25, 0.3) is 0 Å². The lowest BCUT2D eigenvalue weighted by Gasteiger charge is -2.24. The molecular weight excluding hydrogens is 258 g/mol. The predicted octanol–water partition coefficient (Wildman–Crippen LogP) is 4.20. The van der Waals surface area contributed by atoms with E-state index in [2.05, 4.69) is 62.4 Å². The van der Waals surface area contributed by atoms with Gasteiger partial charge >= 0.3 is 0 Å². The van der Waals surface area contributed by atoms with Crippen molar-refractivity contribution in [2.75, 3.05) is 0 Å². The van der Waals surface area contributed by atoms with Gasteiger partial charge in [0, 0.05) is 18.4 Å². The van der Waals surface area contributed by atoms with E-state index in [1.807, 2.05) is 0 Å². The van der Waals surface area contributed by atoms with Gasteiger partial charge < -0.3 is 10.5 Å². The smallest absolute Gasteiger partial charge is 0.123 e. The molecule has 3 rings (SSSR count). The molecule has 0 spiro atoms. The van der Waals surface area contributed by atoms with E-state index in [-0.39, 0.29) is 12.1 Å². The van der Waals surface area contributed by atoms with Crippen molar-refractivity contribution in [3.63, 3.8) is 0 Å².